The first kappa shape index (κ1) is 20.0. The highest BCUT2D eigenvalue weighted by Gasteiger charge is 2.34. The molecule has 4 rings (SSSR count). The fourth-order valence-corrected chi connectivity index (χ4v) is 3.75. The molecule has 2 aromatic carbocycles. The highest BCUT2D eigenvalue weighted by atomic mass is 16.6. The predicted octanol–water partition coefficient (Wildman–Crippen LogP) is 3.91. The van der Waals surface area contributed by atoms with E-state index >= 15 is 0 Å². The van der Waals surface area contributed by atoms with Gasteiger partial charge in [-0.2, -0.15) is 0 Å². The van der Waals surface area contributed by atoms with E-state index in [2.05, 4.69) is 5.32 Å². The molecule has 0 radical (unpaired) electrons. The van der Waals surface area contributed by atoms with Crippen LogP contribution in [-0.2, 0) is 14.3 Å². The number of ether oxygens (including phenoxy) is 3. The van der Waals surface area contributed by atoms with Gasteiger partial charge in [0.1, 0.15) is 12.4 Å². The van der Waals surface area contributed by atoms with E-state index < -0.39 is 0 Å². The number of carbonyl (C=O) groups is 1. The summed E-state index contributed by atoms with van der Waals surface area (Å²) in [6.07, 6.45) is 0. The standard InChI is InChI=1S/C23H25N3O4/c1-4-29-17-11-9-16(10-12-17)21-20(22(27)30-14-13-28-3)15(2)24-23-25-18-7-5-6-8-19(18)26(21)23/h5-12,21H,4,13-14H2,1-3H3,(H,24,25). The fourth-order valence-electron chi connectivity index (χ4n) is 3.75. The summed E-state index contributed by atoms with van der Waals surface area (Å²) in [5.41, 5.74) is 4.01. The molecule has 0 aliphatic carbocycles. The number of nitrogens with one attached hydrogen (secondary N) is 1. The number of aromatic nitrogens is 2. The average Bonchev–Trinajstić information content (AvgIpc) is 3.11. The van der Waals surface area contributed by atoms with Crippen LogP contribution < -0.4 is 10.1 Å². The van der Waals surface area contributed by atoms with Crippen molar-refractivity contribution in [3.8, 4) is 5.75 Å². The summed E-state index contributed by atoms with van der Waals surface area (Å²) in [6.45, 7) is 4.96. The van der Waals surface area contributed by atoms with Crippen molar-refractivity contribution in [2.75, 3.05) is 32.2 Å². The summed E-state index contributed by atoms with van der Waals surface area (Å²) >= 11 is 0. The minimum atomic E-state index is -0.376. The molecule has 0 spiro atoms. The Bertz CT molecular complexity index is 1090. The predicted molar refractivity (Wildman–Crippen MR) is 115 cm³/mol. The van der Waals surface area contributed by atoms with Crippen LogP contribution in [0.25, 0.3) is 11.0 Å². The Hall–Kier alpha value is -3.32. The number of hydrogen-bond donors (Lipinski definition) is 1. The van der Waals surface area contributed by atoms with Gasteiger partial charge in [0.15, 0.2) is 0 Å². The molecule has 0 bridgehead atoms. The Balaban J connectivity index is 1.83. The van der Waals surface area contributed by atoms with Crippen LogP contribution in [-0.4, -0.2) is 42.5 Å². The van der Waals surface area contributed by atoms with E-state index in [9.17, 15) is 4.79 Å². The number of imidazole rings is 1. The zero-order valence-corrected chi connectivity index (χ0v) is 17.3. The molecular weight excluding hydrogens is 382 g/mol. The van der Waals surface area contributed by atoms with Gasteiger partial charge in [-0.1, -0.05) is 24.3 Å². The quantitative estimate of drug-likeness (QED) is 0.473. The Morgan fingerprint density at radius 3 is 2.63 bits per heavy atom. The Morgan fingerprint density at radius 2 is 1.90 bits per heavy atom. The summed E-state index contributed by atoms with van der Waals surface area (Å²) in [7, 11) is 1.58. The number of methoxy groups -OCH3 is 1. The van der Waals surface area contributed by atoms with Crippen LogP contribution in [0.1, 0.15) is 25.5 Å². The molecule has 1 aliphatic heterocycles. The van der Waals surface area contributed by atoms with Crippen molar-refractivity contribution in [2.45, 2.75) is 19.9 Å². The Labute approximate surface area is 175 Å². The van der Waals surface area contributed by atoms with Crippen molar-refractivity contribution < 1.29 is 19.0 Å². The highest BCUT2D eigenvalue weighted by Crippen LogP contribution is 2.39. The number of hydrogen-bond acceptors (Lipinski definition) is 6. The second-order valence-electron chi connectivity index (χ2n) is 6.99. The summed E-state index contributed by atoms with van der Waals surface area (Å²) in [5, 5.41) is 3.28. The van der Waals surface area contributed by atoms with Gasteiger partial charge in [-0.25, -0.2) is 9.78 Å². The van der Waals surface area contributed by atoms with Crippen LogP contribution in [0.5, 0.6) is 5.75 Å². The molecule has 1 aromatic heterocycles. The van der Waals surface area contributed by atoms with Gasteiger partial charge in [-0.15, -0.1) is 0 Å². The topological polar surface area (TPSA) is 74.6 Å². The van der Waals surface area contributed by atoms with Crippen molar-refractivity contribution in [2.24, 2.45) is 0 Å². The van der Waals surface area contributed by atoms with Gasteiger partial charge in [0.25, 0.3) is 0 Å². The molecule has 1 unspecified atom stereocenters. The lowest BCUT2D eigenvalue weighted by molar-refractivity contribution is -0.140. The number of para-hydroxylation sites is 2. The van der Waals surface area contributed by atoms with Crippen LogP contribution >= 0.6 is 0 Å². The van der Waals surface area contributed by atoms with Gasteiger partial charge >= 0.3 is 5.97 Å². The summed E-state index contributed by atoms with van der Waals surface area (Å²) in [5.74, 6) is 1.11. The summed E-state index contributed by atoms with van der Waals surface area (Å²) in [6, 6.07) is 15.3. The number of benzene rings is 2. The number of carbonyl (C=O) groups excluding carboxylic acids is 1. The number of anilines is 1. The zero-order chi connectivity index (χ0) is 21.1. The number of rotatable bonds is 7. The Morgan fingerprint density at radius 1 is 1.13 bits per heavy atom. The molecule has 7 nitrogen and oxygen atoms in total. The first-order valence-electron chi connectivity index (χ1n) is 9.97. The highest BCUT2D eigenvalue weighted by molar-refractivity contribution is 5.94. The molecule has 3 aromatic rings. The molecular formula is C23H25N3O4. The summed E-state index contributed by atoms with van der Waals surface area (Å²) in [4.78, 5) is 17.8. The molecule has 0 amide bonds. The second-order valence-corrected chi connectivity index (χ2v) is 6.99. The third-order valence-corrected chi connectivity index (χ3v) is 5.08. The lowest BCUT2D eigenvalue weighted by atomic mass is 9.95. The molecule has 30 heavy (non-hydrogen) atoms. The van der Waals surface area contributed by atoms with Crippen LogP contribution in [0, 0.1) is 0 Å². The van der Waals surface area contributed by atoms with Gasteiger partial charge < -0.3 is 19.5 Å². The van der Waals surface area contributed by atoms with E-state index in [1.54, 1.807) is 7.11 Å². The molecule has 1 aliphatic rings. The summed E-state index contributed by atoms with van der Waals surface area (Å²) < 4.78 is 18.1. The molecule has 0 fully saturated rings. The lowest BCUT2D eigenvalue weighted by Crippen LogP contribution is -2.29. The second kappa shape index (κ2) is 8.59. The van der Waals surface area contributed by atoms with Gasteiger partial charge in [0.2, 0.25) is 5.95 Å². The van der Waals surface area contributed by atoms with Gasteiger partial charge in [-0.05, 0) is 43.7 Å². The Kier molecular flexibility index (Phi) is 5.72. The van der Waals surface area contributed by atoms with E-state index in [1.807, 2.05) is 66.9 Å². The van der Waals surface area contributed by atoms with Crippen molar-refractivity contribution in [3.05, 3.63) is 65.4 Å². The molecule has 2 heterocycles. The van der Waals surface area contributed by atoms with E-state index in [-0.39, 0.29) is 18.6 Å². The van der Waals surface area contributed by atoms with E-state index in [1.165, 1.54) is 0 Å². The van der Waals surface area contributed by atoms with Crippen LogP contribution in [0.15, 0.2) is 59.8 Å². The van der Waals surface area contributed by atoms with Crippen LogP contribution in [0.3, 0.4) is 0 Å². The molecule has 0 saturated carbocycles. The first-order chi connectivity index (χ1) is 14.6. The average molecular weight is 407 g/mol. The van der Waals surface area contributed by atoms with Crippen molar-refractivity contribution in [1.82, 2.24) is 9.55 Å². The van der Waals surface area contributed by atoms with Crippen molar-refractivity contribution in [3.63, 3.8) is 0 Å². The number of allylic oxidation sites excluding steroid dienone is 1. The maximum atomic E-state index is 13.1. The monoisotopic (exact) mass is 407 g/mol. The maximum absolute atomic E-state index is 13.1. The number of fused-ring (bicyclic) bond motifs is 3. The minimum Gasteiger partial charge on any atom is -0.494 e. The van der Waals surface area contributed by atoms with E-state index in [0.29, 0.717) is 24.7 Å². The van der Waals surface area contributed by atoms with Gasteiger partial charge in [0, 0.05) is 12.8 Å². The SMILES string of the molecule is CCOc1ccc(C2C(C(=O)OCCOC)=C(C)Nc3nc4ccccc4n32)cc1. The van der Waals surface area contributed by atoms with Crippen molar-refractivity contribution in [1.29, 1.82) is 0 Å². The smallest absolute Gasteiger partial charge is 0.338 e. The van der Waals surface area contributed by atoms with Gasteiger partial charge in [0.05, 0.1) is 35.9 Å². The molecule has 1 N–H and O–H groups in total. The van der Waals surface area contributed by atoms with E-state index in [0.717, 1.165) is 28.0 Å². The zero-order valence-electron chi connectivity index (χ0n) is 17.3. The van der Waals surface area contributed by atoms with E-state index in [4.69, 9.17) is 19.2 Å². The molecule has 156 valence electrons. The number of nitrogens with zero attached hydrogens (tertiary/aromatic N) is 2. The normalized spacial score (nSPS) is 15.6. The first-order valence-corrected chi connectivity index (χ1v) is 9.97. The van der Waals surface area contributed by atoms with Crippen LogP contribution in [0.2, 0.25) is 0 Å². The van der Waals surface area contributed by atoms with Gasteiger partial charge in [-0.3, -0.25) is 4.57 Å². The fraction of sp³-hybridized carbons (Fsp3) is 0.304. The maximum Gasteiger partial charge on any atom is 0.338 e. The third kappa shape index (κ3) is 3.64. The number of esters is 1. The lowest BCUT2D eigenvalue weighted by Gasteiger charge is -2.30. The minimum absolute atomic E-state index is 0.194. The third-order valence-electron chi connectivity index (χ3n) is 5.08. The molecule has 1 atom stereocenters. The van der Waals surface area contributed by atoms with Crippen molar-refractivity contribution >= 4 is 23.0 Å². The van der Waals surface area contributed by atoms with Crippen LogP contribution in [0.4, 0.5) is 5.95 Å². The molecule has 7 heteroatoms. The molecule has 0 saturated heterocycles. The largest absolute Gasteiger partial charge is 0.494 e.